The molecule has 0 aliphatic carbocycles. The minimum Gasteiger partial charge on any atom is -0.714 e. The zero-order chi connectivity index (χ0) is 11.1. The van der Waals surface area contributed by atoms with Gasteiger partial charge in [0.05, 0.1) is 6.42 Å². The van der Waals surface area contributed by atoms with Gasteiger partial charge in [0, 0.05) is 13.1 Å². The molecule has 1 saturated heterocycles. The molecular formula is C11H19N3O. The predicted molar refractivity (Wildman–Crippen MR) is 61.2 cm³/mol. The second-order valence-electron chi connectivity index (χ2n) is 4.75. The van der Waals surface area contributed by atoms with E-state index in [0.717, 1.165) is 23.7 Å². The number of likely N-dealkylation sites (tertiary alicyclic amines) is 1. The quantitative estimate of drug-likeness (QED) is 0.486. The van der Waals surface area contributed by atoms with Crippen LogP contribution >= 0.6 is 0 Å². The van der Waals surface area contributed by atoms with E-state index in [-0.39, 0.29) is 0 Å². The van der Waals surface area contributed by atoms with Crippen molar-refractivity contribution < 1.29 is 4.74 Å². The van der Waals surface area contributed by atoms with Crippen LogP contribution in [0, 0.1) is 5.21 Å². The lowest BCUT2D eigenvalue weighted by Gasteiger charge is -2.28. The monoisotopic (exact) mass is 209 g/mol. The van der Waals surface area contributed by atoms with E-state index in [1.807, 2.05) is 20.8 Å². The van der Waals surface area contributed by atoms with Crippen LogP contribution in [0.25, 0.3) is 0 Å². The third-order valence-corrected chi connectivity index (χ3v) is 3.25. The molecule has 0 bridgehead atoms. The van der Waals surface area contributed by atoms with Crippen molar-refractivity contribution >= 4 is 11.7 Å². The third-order valence-electron chi connectivity index (χ3n) is 3.25. The molecule has 2 rings (SSSR count). The second kappa shape index (κ2) is 3.51. The largest absolute Gasteiger partial charge is 0.714 e. The highest BCUT2D eigenvalue weighted by Gasteiger charge is 2.44. The average molecular weight is 209 g/mol. The summed E-state index contributed by atoms with van der Waals surface area (Å²) in [5, 5.41) is 12.0. The molecule has 2 heterocycles. The van der Waals surface area contributed by atoms with Crippen molar-refractivity contribution in [1.29, 1.82) is 0 Å². The van der Waals surface area contributed by atoms with E-state index in [1.165, 1.54) is 12.8 Å². The number of nitrogens with zero attached hydrogens (tertiary/aromatic N) is 3. The van der Waals surface area contributed by atoms with Crippen molar-refractivity contribution in [2.75, 3.05) is 13.1 Å². The van der Waals surface area contributed by atoms with Gasteiger partial charge < -0.3 is 10.1 Å². The molecule has 84 valence electrons. The summed E-state index contributed by atoms with van der Waals surface area (Å²) < 4.78 is 1.07. The van der Waals surface area contributed by atoms with Crippen LogP contribution in [0.1, 0.15) is 40.0 Å². The molecule has 0 radical (unpaired) electrons. The summed E-state index contributed by atoms with van der Waals surface area (Å²) in [6.07, 6.45) is 3.15. The first-order valence-electron chi connectivity index (χ1n) is 5.74. The maximum absolute atomic E-state index is 12.0. The summed E-state index contributed by atoms with van der Waals surface area (Å²) in [5.74, 6) is 1.63. The van der Waals surface area contributed by atoms with Crippen molar-refractivity contribution in [2.45, 2.75) is 45.6 Å². The molecule has 2 aliphatic rings. The summed E-state index contributed by atoms with van der Waals surface area (Å²) in [7, 11) is 0. The van der Waals surface area contributed by atoms with Gasteiger partial charge in [0.25, 0.3) is 11.7 Å². The number of amidine groups is 2. The van der Waals surface area contributed by atoms with Gasteiger partial charge in [-0.3, -0.25) is 4.74 Å². The smallest absolute Gasteiger partial charge is 0.299 e. The number of rotatable bonds is 1. The van der Waals surface area contributed by atoms with Crippen LogP contribution in [0.3, 0.4) is 0 Å². The van der Waals surface area contributed by atoms with Crippen LogP contribution in [0.2, 0.25) is 0 Å². The molecule has 2 aliphatic heterocycles. The summed E-state index contributed by atoms with van der Waals surface area (Å²) in [6.45, 7) is 7.99. The van der Waals surface area contributed by atoms with Crippen LogP contribution in [0.5, 0.6) is 0 Å². The molecule has 4 heteroatoms. The zero-order valence-corrected chi connectivity index (χ0v) is 9.79. The number of hydrogen-bond acceptors (Lipinski definition) is 3. The fraction of sp³-hybridized carbons (Fsp3) is 0.818. The number of hydrogen-bond donors (Lipinski definition) is 0. The Morgan fingerprint density at radius 3 is 2.47 bits per heavy atom. The van der Waals surface area contributed by atoms with Crippen molar-refractivity contribution in [3.8, 4) is 0 Å². The average Bonchev–Trinajstić information content (AvgIpc) is 2.76. The van der Waals surface area contributed by atoms with Gasteiger partial charge in [-0.25, -0.2) is 0 Å². The van der Waals surface area contributed by atoms with Gasteiger partial charge in [0.15, 0.2) is 5.54 Å². The van der Waals surface area contributed by atoms with Crippen LogP contribution in [-0.4, -0.2) is 39.9 Å². The van der Waals surface area contributed by atoms with Gasteiger partial charge in [-0.2, -0.15) is 0 Å². The Morgan fingerprint density at radius 1 is 1.40 bits per heavy atom. The predicted octanol–water partition coefficient (Wildman–Crippen LogP) is 1.59. The molecule has 0 unspecified atom stereocenters. The van der Waals surface area contributed by atoms with Gasteiger partial charge in [0.1, 0.15) is 0 Å². The Bertz CT molecular complexity index is 325. The lowest BCUT2D eigenvalue weighted by Crippen LogP contribution is -2.47. The van der Waals surface area contributed by atoms with E-state index in [9.17, 15) is 5.21 Å². The van der Waals surface area contributed by atoms with E-state index in [4.69, 9.17) is 0 Å². The molecule has 0 aromatic rings. The summed E-state index contributed by atoms with van der Waals surface area (Å²) in [5.41, 5.74) is -0.477. The van der Waals surface area contributed by atoms with E-state index in [1.54, 1.807) is 0 Å². The minimum atomic E-state index is -0.477. The number of aliphatic imine (C=N–C) groups is 1. The molecule has 15 heavy (non-hydrogen) atoms. The third kappa shape index (κ3) is 1.52. The fourth-order valence-electron chi connectivity index (χ4n) is 2.33. The summed E-state index contributed by atoms with van der Waals surface area (Å²) >= 11 is 0. The first-order valence-corrected chi connectivity index (χ1v) is 5.74. The Kier molecular flexibility index (Phi) is 2.44. The SMILES string of the molecule is CCC1=[N+]([O-])C(C)(C)C(N2CCCC2)=N1. The van der Waals surface area contributed by atoms with Gasteiger partial charge in [-0.1, -0.05) is 6.92 Å². The molecule has 0 spiro atoms. The first kappa shape index (κ1) is 10.5. The van der Waals surface area contributed by atoms with Crippen LogP contribution in [0.15, 0.2) is 4.99 Å². The Labute approximate surface area is 90.9 Å². The lowest BCUT2D eigenvalue weighted by atomic mass is 10.0. The van der Waals surface area contributed by atoms with Gasteiger partial charge in [-0.15, -0.1) is 0 Å². The molecule has 0 amide bonds. The molecule has 0 atom stereocenters. The van der Waals surface area contributed by atoms with Gasteiger partial charge >= 0.3 is 0 Å². The van der Waals surface area contributed by atoms with E-state index < -0.39 is 5.54 Å². The van der Waals surface area contributed by atoms with Gasteiger partial charge in [0.2, 0.25) is 0 Å². The molecule has 0 aromatic heterocycles. The van der Waals surface area contributed by atoms with Crippen molar-refractivity contribution in [2.24, 2.45) is 4.99 Å². The van der Waals surface area contributed by atoms with Crippen LogP contribution in [-0.2, 0) is 0 Å². The fourth-order valence-corrected chi connectivity index (χ4v) is 2.33. The van der Waals surface area contributed by atoms with Gasteiger partial charge in [-0.05, 0) is 31.7 Å². The number of hydroxylamine groups is 1. The van der Waals surface area contributed by atoms with Crippen LogP contribution < -0.4 is 0 Å². The maximum atomic E-state index is 12.0. The topological polar surface area (TPSA) is 41.7 Å². The first-order chi connectivity index (χ1) is 7.07. The molecule has 0 N–H and O–H groups in total. The standard InChI is InChI=1S/C11H19N3O/c1-4-9-12-10(11(2,3)14(9)15)13-7-5-6-8-13/h4-8H2,1-3H3. The molecule has 0 aromatic carbocycles. The molecular weight excluding hydrogens is 190 g/mol. The Balaban J connectivity index is 2.28. The van der Waals surface area contributed by atoms with E-state index in [2.05, 4.69) is 9.89 Å². The van der Waals surface area contributed by atoms with Crippen LogP contribution in [0.4, 0.5) is 0 Å². The highest BCUT2D eigenvalue weighted by Crippen LogP contribution is 2.24. The minimum absolute atomic E-state index is 0.477. The Morgan fingerprint density at radius 2 is 2.00 bits per heavy atom. The van der Waals surface area contributed by atoms with E-state index >= 15 is 0 Å². The summed E-state index contributed by atoms with van der Waals surface area (Å²) in [6, 6.07) is 0. The maximum Gasteiger partial charge on any atom is 0.299 e. The van der Waals surface area contributed by atoms with Crippen molar-refractivity contribution in [1.82, 2.24) is 4.90 Å². The second-order valence-corrected chi connectivity index (χ2v) is 4.75. The molecule has 0 saturated carbocycles. The Hall–Kier alpha value is -1.06. The zero-order valence-electron chi connectivity index (χ0n) is 9.79. The molecule has 4 nitrogen and oxygen atoms in total. The van der Waals surface area contributed by atoms with E-state index in [0.29, 0.717) is 12.3 Å². The van der Waals surface area contributed by atoms with Crippen molar-refractivity contribution in [3.63, 3.8) is 0 Å². The van der Waals surface area contributed by atoms with Crippen molar-refractivity contribution in [3.05, 3.63) is 5.21 Å². The lowest BCUT2D eigenvalue weighted by molar-refractivity contribution is -0.515. The normalized spacial score (nSPS) is 25.0. The highest BCUT2D eigenvalue weighted by atomic mass is 16.5. The summed E-state index contributed by atoms with van der Waals surface area (Å²) in [4.78, 5) is 6.75. The molecule has 1 fully saturated rings. The highest BCUT2D eigenvalue weighted by molar-refractivity contribution is 6.02.